The first-order valence-corrected chi connectivity index (χ1v) is 5.59. The second-order valence-electron chi connectivity index (χ2n) is 5.22. The van der Waals surface area contributed by atoms with Crippen LogP contribution in [0.4, 0.5) is 0 Å². The molecule has 0 radical (unpaired) electrons. The van der Waals surface area contributed by atoms with Crippen molar-refractivity contribution in [3.8, 4) is 0 Å². The Morgan fingerprint density at radius 2 is 1.62 bits per heavy atom. The molecule has 1 aliphatic heterocycles. The predicted octanol–water partition coefficient (Wildman–Crippen LogP) is 1.32. The van der Waals surface area contributed by atoms with Crippen LogP contribution in [0.2, 0.25) is 0 Å². The van der Waals surface area contributed by atoms with Crippen LogP contribution in [0, 0.1) is 11.8 Å². The summed E-state index contributed by atoms with van der Waals surface area (Å²) >= 11 is 0. The molecule has 0 bridgehead atoms. The molecule has 0 aromatic rings. The molecule has 2 heteroatoms. The van der Waals surface area contributed by atoms with Gasteiger partial charge >= 0.3 is 0 Å². The molecule has 76 valence electrons. The van der Waals surface area contributed by atoms with Crippen molar-refractivity contribution < 1.29 is 0 Å². The number of hydrogen-bond donors (Lipinski definition) is 1. The summed E-state index contributed by atoms with van der Waals surface area (Å²) in [4.78, 5) is 2.60. The molecule has 0 amide bonds. The monoisotopic (exact) mass is 182 g/mol. The lowest BCUT2D eigenvalue weighted by molar-refractivity contribution is 0.236. The number of likely N-dealkylation sites (tertiary alicyclic amines) is 1. The van der Waals surface area contributed by atoms with Crippen molar-refractivity contribution in [1.82, 2.24) is 10.2 Å². The molecule has 0 aromatic heterocycles. The Hall–Kier alpha value is -0.0800. The van der Waals surface area contributed by atoms with Crippen LogP contribution in [0.5, 0.6) is 0 Å². The van der Waals surface area contributed by atoms with Crippen LogP contribution in [0.3, 0.4) is 0 Å². The number of piperidine rings is 1. The van der Waals surface area contributed by atoms with Crippen LogP contribution < -0.4 is 5.32 Å². The Kier molecular flexibility index (Phi) is 2.37. The molecule has 13 heavy (non-hydrogen) atoms. The summed E-state index contributed by atoms with van der Waals surface area (Å²) in [5.41, 5.74) is 0. The minimum absolute atomic E-state index is 0.656. The average molecular weight is 182 g/mol. The third kappa shape index (κ3) is 1.75. The van der Waals surface area contributed by atoms with Crippen LogP contribution in [-0.4, -0.2) is 36.1 Å². The van der Waals surface area contributed by atoms with Gasteiger partial charge in [-0.05, 0) is 25.7 Å². The topological polar surface area (TPSA) is 15.3 Å². The second kappa shape index (κ2) is 3.25. The van der Waals surface area contributed by atoms with Gasteiger partial charge in [-0.1, -0.05) is 13.8 Å². The van der Waals surface area contributed by atoms with Gasteiger partial charge in [-0.2, -0.15) is 0 Å². The van der Waals surface area contributed by atoms with Crippen molar-refractivity contribution >= 4 is 0 Å². The van der Waals surface area contributed by atoms with Crippen molar-refractivity contribution in [2.24, 2.45) is 11.8 Å². The zero-order valence-corrected chi connectivity index (χ0v) is 9.25. The van der Waals surface area contributed by atoms with E-state index in [0.29, 0.717) is 6.04 Å². The fourth-order valence-corrected chi connectivity index (χ4v) is 2.61. The fraction of sp³-hybridized carbons (Fsp3) is 1.00. The van der Waals surface area contributed by atoms with Crippen molar-refractivity contribution in [2.75, 3.05) is 13.1 Å². The van der Waals surface area contributed by atoms with Gasteiger partial charge in [-0.3, -0.25) is 0 Å². The van der Waals surface area contributed by atoms with Gasteiger partial charge in [-0.15, -0.1) is 0 Å². The molecule has 0 spiro atoms. The highest BCUT2D eigenvalue weighted by atomic mass is 15.2. The van der Waals surface area contributed by atoms with Gasteiger partial charge in [-0.25, -0.2) is 0 Å². The molecular formula is C11H22N2. The zero-order chi connectivity index (χ0) is 9.59. The summed E-state index contributed by atoms with van der Waals surface area (Å²) in [5.74, 6) is 1.93. The summed E-state index contributed by atoms with van der Waals surface area (Å²) < 4.78 is 0. The molecule has 2 rings (SSSR count). The Labute approximate surface area is 81.7 Å². The standard InChI is InChI=1S/C11H22N2/c1-7(2)12-11-9-5-13(8(3)4)6-10(9)11/h7-12H,5-6H2,1-4H3/t9-,10+,11-. The second-order valence-corrected chi connectivity index (χ2v) is 5.22. The third-order valence-electron chi connectivity index (χ3n) is 3.48. The average Bonchev–Trinajstić information content (AvgIpc) is 2.51. The fourth-order valence-electron chi connectivity index (χ4n) is 2.61. The van der Waals surface area contributed by atoms with Gasteiger partial charge in [0.05, 0.1) is 0 Å². The van der Waals surface area contributed by atoms with Crippen LogP contribution >= 0.6 is 0 Å². The largest absolute Gasteiger partial charge is 0.311 e. The summed E-state index contributed by atoms with van der Waals surface area (Å²) in [6.45, 7) is 11.7. The van der Waals surface area contributed by atoms with Gasteiger partial charge in [0.25, 0.3) is 0 Å². The first-order valence-electron chi connectivity index (χ1n) is 5.59. The van der Waals surface area contributed by atoms with Crippen LogP contribution in [-0.2, 0) is 0 Å². The molecule has 1 saturated carbocycles. The maximum absolute atomic E-state index is 3.65. The lowest BCUT2D eigenvalue weighted by Gasteiger charge is -2.24. The Bertz CT molecular complexity index is 177. The van der Waals surface area contributed by atoms with E-state index in [0.717, 1.165) is 23.9 Å². The van der Waals surface area contributed by atoms with E-state index in [1.165, 1.54) is 13.1 Å². The van der Waals surface area contributed by atoms with Crippen LogP contribution in [0.15, 0.2) is 0 Å². The molecule has 2 fully saturated rings. The number of rotatable bonds is 3. The van der Waals surface area contributed by atoms with Gasteiger partial charge in [0.15, 0.2) is 0 Å². The first kappa shape index (κ1) is 9.47. The lowest BCUT2D eigenvalue weighted by atomic mass is 10.3. The number of nitrogens with one attached hydrogen (secondary N) is 1. The molecule has 1 saturated heterocycles. The van der Waals surface area contributed by atoms with E-state index in [9.17, 15) is 0 Å². The predicted molar refractivity (Wildman–Crippen MR) is 55.7 cm³/mol. The summed E-state index contributed by atoms with van der Waals surface area (Å²) in [5, 5.41) is 3.65. The van der Waals surface area contributed by atoms with Crippen molar-refractivity contribution in [3.05, 3.63) is 0 Å². The summed E-state index contributed by atoms with van der Waals surface area (Å²) in [7, 11) is 0. The number of hydrogen-bond acceptors (Lipinski definition) is 2. The maximum atomic E-state index is 3.65. The first-order chi connectivity index (χ1) is 6.09. The molecular weight excluding hydrogens is 160 g/mol. The van der Waals surface area contributed by atoms with E-state index < -0.39 is 0 Å². The van der Waals surface area contributed by atoms with E-state index in [1.54, 1.807) is 0 Å². The number of nitrogens with zero attached hydrogens (tertiary/aromatic N) is 1. The van der Waals surface area contributed by atoms with E-state index in [4.69, 9.17) is 0 Å². The molecule has 2 nitrogen and oxygen atoms in total. The Morgan fingerprint density at radius 1 is 1.08 bits per heavy atom. The summed E-state index contributed by atoms with van der Waals surface area (Å²) in [6, 6.07) is 2.24. The van der Waals surface area contributed by atoms with E-state index in [-0.39, 0.29) is 0 Å². The highest BCUT2D eigenvalue weighted by Gasteiger charge is 2.55. The Balaban J connectivity index is 1.77. The molecule has 0 unspecified atom stereocenters. The quantitative estimate of drug-likeness (QED) is 0.708. The van der Waals surface area contributed by atoms with Gasteiger partial charge in [0.2, 0.25) is 0 Å². The van der Waals surface area contributed by atoms with E-state index in [1.807, 2.05) is 0 Å². The summed E-state index contributed by atoms with van der Waals surface area (Å²) in [6.07, 6.45) is 0. The molecule has 0 aromatic carbocycles. The van der Waals surface area contributed by atoms with Gasteiger partial charge in [0, 0.05) is 31.2 Å². The number of fused-ring (bicyclic) bond motifs is 1. The molecule has 3 atom stereocenters. The minimum Gasteiger partial charge on any atom is -0.311 e. The highest BCUT2D eigenvalue weighted by molar-refractivity contribution is 5.10. The smallest absolute Gasteiger partial charge is 0.0158 e. The van der Waals surface area contributed by atoms with E-state index in [2.05, 4.69) is 37.9 Å². The Morgan fingerprint density at radius 3 is 2.00 bits per heavy atom. The maximum Gasteiger partial charge on any atom is 0.0158 e. The normalized spacial score (nSPS) is 38.8. The zero-order valence-electron chi connectivity index (χ0n) is 9.25. The lowest BCUT2D eigenvalue weighted by Crippen LogP contribution is -2.37. The van der Waals surface area contributed by atoms with Crippen molar-refractivity contribution in [2.45, 2.75) is 45.8 Å². The molecule has 1 aliphatic carbocycles. The minimum atomic E-state index is 0.656. The highest BCUT2D eigenvalue weighted by Crippen LogP contribution is 2.46. The molecule has 1 N–H and O–H groups in total. The van der Waals surface area contributed by atoms with E-state index >= 15 is 0 Å². The van der Waals surface area contributed by atoms with Crippen molar-refractivity contribution in [1.29, 1.82) is 0 Å². The van der Waals surface area contributed by atoms with Gasteiger partial charge in [0.1, 0.15) is 0 Å². The van der Waals surface area contributed by atoms with Crippen LogP contribution in [0.1, 0.15) is 27.7 Å². The third-order valence-corrected chi connectivity index (χ3v) is 3.48. The molecule has 2 aliphatic rings. The van der Waals surface area contributed by atoms with Crippen LogP contribution in [0.25, 0.3) is 0 Å². The van der Waals surface area contributed by atoms with Gasteiger partial charge < -0.3 is 10.2 Å². The van der Waals surface area contributed by atoms with Crippen molar-refractivity contribution in [3.63, 3.8) is 0 Å². The SMILES string of the molecule is CC(C)N[C@@H]1[C@@H]2CN(C(C)C)C[C@@H]21. The molecule has 1 heterocycles.